The molecule has 1 aliphatic rings. The molecule has 1 aromatic carbocycles. The molecule has 0 aliphatic carbocycles. The lowest BCUT2D eigenvalue weighted by Gasteiger charge is -2.14. The van der Waals surface area contributed by atoms with Gasteiger partial charge < -0.3 is 10.6 Å². The highest BCUT2D eigenvalue weighted by molar-refractivity contribution is 5.92. The van der Waals surface area contributed by atoms with E-state index >= 15 is 0 Å². The summed E-state index contributed by atoms with van der Waals surface area (Å²) in [7, 11) is 0. The Balaban J connectivity index is 1.96. The number of fused-ring (bicyclic) bond motifs is 1. The maximum absolute atomic E-state index is 4.27. The zero-order chi connectivity index (χ0) is 10.8. The average molecular weight is 213 g/mol. The SMILES string of the molecule is c1ccc2c(NC3CCNC3)cncc2c1. The van der Waals surface area contributed by atoms with E-state index in [0.717, 1.165) is 18.8 Å². The Labute approximate surface area is 94.9 Å². The summed E-state index contributed by atoms with van der Waals surface area (Å²) < 4.78 is 0. The number of nitrogens with zero attached hydrogens (tertiary/aromatic N) is 1. The molecule has 2 N–H and O–H groups in total. The third-order valence-electron chi connectivity index (χ3n) is 3.09. The van der Waals surface area contributed by atoms with Crippen molar-refractivity contribution in [2.45, 2.75) is 12.5 Å². The first-order valence-corrected chi connectivity index (χ1v) is 5.73. The molecule has 1 fully saturated rings. The largest absolute Gasteiger partial charge is 0.379 e. The molecule has 1 unspecified atom stereocenters. The summed E-state index contributed by atoms with van der Waals surface area (Å²) in [5, 5.41) is 9.36. The number of nitrogens with one attached hydrogen (secondary N) is 2. The first-order chi connectivity index (χ1) is 7.93. The summed E-state index contributed by atoms with van der Waals surface area (Å²) in [5.74, 6) is 0. The highest BCUT2D eigenvalue weighted by atomic mass is 15.0. The fourth-order valence-corrected chi connectivity index (χ4v) is 2.23. The van der Waals surface area contributed by atoms with E-state index in [-0.39, 0.29) is 0 Å². The van der Waals surface area contributed by atoms with Crippen molar-refractivity contribution in [3.05, 3.63) is 36.7 Å². The van der Waals surface area contributed by atoms with Gasteiger partial charge in [0.2, 0.25) is 0 Å². The Morgan fingerprint density at radius 1 is 1.25 bits per heavy atom. The van der Waals surface area contributed by atoms with Gasteiger partial charge in [0.1, 0.15) is 0 Å². The normalized spacial score (nSPS) is 20.1. The van der Waals surface area contributed by atoms with Crippen LogP contribution in [0.15, 0.2) is 36.7 Å². The fourth-order valence-electron chi connectivity index (χ4n) is 2.23. The molecule has 1 saturated heterocycles. The van der Waals surface area contributed by atoms with E-state index in [0.29, 0.717) is 6.04 Å². The van der Waals surface area contributed by atoms with Gasteiger partial charge in [0.15, 0.2) is 0 Å². The number of benzene rings is 1. The van der Waals surface area contributed by atoms with Crippen LogP contribution in [0.2, 0.25) is 0 Å². The van der Waals surface area contributed by atoms with Gasteiger partial charge in [0, 0.05) is 29.6 Å². The Kier molecular flexibility index (Phi) is 2.46. The van der Waals surface area contributed by atoms with Crippen molar-refractivity contribution < 1.29 is 0 Å². The van der Waals surface area contributed by atoms with E-state index < -0.39 is 0 Å². The highest BCUT2D eigenvalue weighted by Gasteiger charge is 2.14. The first kappa shape index (κ1) is 9.60. The van der Waals surface area contributed by atoms with Gasteiger partial charge in [-0.25, -0.2) is 0 Å². The van der Waals surface area contributed by atoms with Gasteiger partial charge in [-0.2, -0.15) is 0 Å². The summed E-state index contributed by atoms with van der Waals surface area (Å²) in [6.45, 7) is 2.15. The van der Waals surface area contributed by atoms with Crippen LogP contribution in [0.1, 0.15) is 6.42 Å². The molecule has 0 spiro atoms. The molecule has 3 heteroatoms. The van der Waals surface area contributed by atoms with Crippen LogP contribution in [0.3, 0.4) is 0 Å². The van der Waals surface area contributed by atoms with E-state index in [4.69, 9.17) is 0 Å². The van der Waals surface area contributed by atoms with Crippen molar-refractivity contribution >= 4 is 16.5 Å². The van der Waals surface area contributed by atoms with Crippen molar-refractivity contribution in [3.8, 4) is 0 Å². The topological polar surface area (TPSA) is 37.0 Å². The van der Waals surface area contributed by atoms with Gasteiger partial charge in [0.05, 0.1) is 11.9 Å². The Morgan fingerprint density at radius 3 is 3.06 bits per heavy atom. The molecule has 3 nitrogen and oxygen atoms in total. The molecule has 1 aliphatic heterocycles. The van der Waals surface area contributed by atoms with Crippen LogP contribution in [0.5, 0.6) is 0 Å². The molecule has 1 aromatic heterocycles. The van der Waals surface area contributed by atoms with Crippen LogP contribution < -0.4 is 10.6 Å². The lowest BCUT2D eigenvalue weighted by Crippen LogP contribution is -2.22. The van der Waals surface area contributed by atoms with Crippen molar-refractivity contribution in [3.63, 3.8) is 0 Å². The number of aromatic nitrogens is 1. The molecule has 16 heavy (non-hydrogen) atoms. The van der Waals surface area contributed by atoms with Crippen LogP contribution in [0.25, 0.3) is 10.8 Å². The van der Waals surface area contributed by atoms with Crippen LogP contribution in [-0.4, -0.2) is 24.1 Å². The van der Waals surface area contributed by atoms with E-state index in [9.17, 15) is 0 Å². The number of anilines is 1. The van der Waals surface area contributed by atoms with E-state index in [1.54, 1.807) is 0 Å². The second-order valence-electron chi connectivity index (χ2n) is 4.24. The number of rotatable bonds is 2. The van der Waals surface area contributed by atoms with Gasteiger partial charge >= 0.3 is 0 Å². The van der Waals surface area contributed by atoms with E-state index in [2.05, 4.69) is 33.8 Å². The number of pyridine rings is 1. The zero-order valence-electron chi connectivity index (χ0n) is 9.11. The smallest absolute Gasteiger partial charge is 0.0608 e. The quantitative estimate of drug-likeness (QED) is 0.801. The van der Waals surface area contributed by atoms with Crippen molar-refractivity contribution in [2.75, 3.05) is 18.4 Å². The molecular formula is C13H15N3. The molecule has 2 aromatic rings. The first-order valence-electron chi connectivity index (χ1n) is 5.73. The molecule has 1 atom stereocenters. The molecule has 0 saturated carbocycles. The van der Waals surface area contributed by atoms with Gasteiger partial charge in [-0.15, -0.1) is 0 Å². The van der Waals surface area contributed by atoms with Crippen LogP contribution in [-0.2, 0) is 0 Å². The van der Waals surface area contributed by atoms with Crippen molar-refractivity contribution in [1.82, 2.24) is 10.3 Å². The molecular weight excluding hydrogens is 198 g/mol. The standard InChI is InChI=1S/C13H15N3/c1-2-4-12-10(3-1)7-15-9-13(12)16-11-5-6-14-8-11/h1-4,7,9,11,14,16H,5-6,8H2. The summed E-state index contributed by atoms with van der Waals surface area (Å²) in [5.41, 5.74) is 1.15. The Bertz CT molecular complexity index is 484. The predicted molar refractivity (Wildman–Crippen MR) is 66.6 cm³/mol. The zero-order valence-corrected chi connectivity index (χ0v) is 9.11. The molecule has 2 heterocycles. The minimum atomic E-state index is 0.535. The monoisotopic (exact) mass is 213 g/mol. The summed E-state index contributed by atoms with van der Waals surface area (Å²) in [4.78, 5) is 4.27. The van der Waals surface area contributed by atoms with E-state index in [1.165, 1.54) is 17.2 Å². The third-order valence-corrected chi connectivity index (χ3v) is 3.09. The highest BCUT2D eigenvalue weighted by Crippen LogP contribution is 2.22. The lowest BCUT2D eigenvalue weighted by atomic mass is 10.1. The summed E-state index contributed by atoms with van der Waals surface area (Å²) in [6.07, 6.45) is 5.01. The number of hydrogen-bond donors (Lipinski definition) is 2. The Hall–Kier alpha value is -1.61. The van der Waals surface area contributed by atoms with Crippen molar-refractivity contribution in [2.24, 2.45) is 0 Å². The molecule has 3 rings (SSSR count). The molecule has 0 amide bonds. The summed E-state index contributed by atoms with van der Waals surface area (Å²) >= 11 is 0. The minimum Gasteiger partial charge on any atom is -0.379 e. The third kappa shape index (κ3) is 1.74. The van der Waals surface area contributed by atoms with Crippen LogP contribution in [0, 0.1) is 0 Å². The summed E-state index contributed by atoms with van der Waals surface area (Å²) in [6, 6.07) is 8.89. The number of hydrogen-bond acceptors (Lipinski definition) is 3. The fraction of sp³-hybridized carbons (Fsp3) is 0.308. The molecule has 0 radical (unpaired) electrons. The van der Waals surface area contributed by atoms with Gasteiger partial charge in [-0.3, -0.25) is 4.98 Å². The Morgan fingerprint density at radius 2 is 2.19 bits per heavy atom. The van der Waals surface area contributed by atoms with Gasteiger partial charge in [0.25, 0.3) is 0 Å². The second kappa shape index (κ2) is 4.10. The molecule has 0 bridgehead atoms. The minimum absolute atomic E-state index is 0.535. The average Bonchev–Trinajstić information content (AvgIpc) is 2.82. The maximum Gasteiger partial charge on any atom is 0.0608 e. The second-order valence-corrected chi connectivity index (χ2v) is 4.24. The van der Waals surface area contributed by atoms with Gasteiger partial charge in [-0.05, 0) is 13.0 Å². The van der Waals surface area contributed by atoms with Crippen LogP contribution in [0.4, 0.5) is 5.69 Å². The predicted octanol–water partition coefficient (Wildman–Crippen LogP) is 2.01. The van der Waals surface area contributed by atoms with Crippen molar-refractivity contribution in [1.29, 1.82) is 0 Å². The van der Waals surface area contributed by atoms with Crippen LogP contribution >= 0.6 is 0 Å². The molecule has 82 valence electrons. The van der Waals surface area contributed by atoms with E-state index in [1.807, 2.05) is 18.5 Å². The van der Waals surface area contributed by atoms with Gasteiger partial charge in [-0.1, -0.05) is 24.3 Å². The lowest BCUT2D eigenvalue weighted by molar-refractivity contribution is 0.794. The maximum atomic E-state index is 4.27.